The van der Waals surface area contributed by atoms with Gasteiger partial charge in [0.1, 0.15) is 0 Å². The molecule has 0 aliphatic carbocycles. The molecule has 7 heteroatoms. The van der Waals surface area contributed by atoms with Crippen LogP contribution in [0.2, 0.25) is 5.02 Å². The topological polar surface area (TPSA) is 66.5 Å². The molecule has 0 spiro atoms. The van der Waals surface area contributed by atoms with Crippen LogP contribution in [0.5, 0.6) is 0 Å². The molecular weight excluding hydrogens is 348 g/mol. The third-order valence-electron chi connectivity index (χ3n) is 3.45. The first-order valence-corrected chi connectivity index (χ1v) is 9.18. The molecule has 0 saturated carbocycles. The summed E-state index contributed by atoms with van der Waals surface area (Å²) in [6, 6.07) is 13.5. The molecule has 0 unspecified atom stereocenters. The van der Waals surface area contributed by atoms with Crippen LogP contribution < -0.4 is 5.32 Å². The van der Waals surface area contributed by atoms with E-state index in [1.165, 1.54) is 26.2 Å². The molecular formula is C17H19ClN2O3S. The molecule has 24 heavy (non-hydrogen) atoms. The molecule has 0 aromatic heterocycles. The Hall–Kier alpha value is -1.89. The molecule has 0 bridgehead atoms. The van der Waals surface area contributed by atoms with Gasteiger partial charge in [0.2, 0.25) is 15.9 Å². The molecule has 0 aliphatic rings. The van der Waals surface area contributed by atoms with Crippen molar-refractivity contribution in [3.8, 4) is 0 Å². The maximum Gasteiger partial charge on any atom is 0.242 e. The molecule has 1 N–H and O–H groups in total. The number of benzene rings is 2. The number of aryl methyl sites for hydroxylation is 1. The second-order valence-corrected chi connectivity index (χ2v) is 8.08. The predicted molar refractivity (Wildman–Crippen MR) is 95.7 cm³/mol. The Morgan fingerprint density at radius 1 is 1.12 bits per heavy atom. The molecule has 0 fully saturated rings. The van der Waals surface area contributed by atoms with Crippen molar-refractivity contribution in [2.24, 2.45) is 0 Å². The van der Waals surface area contributed by atoms with E-state index in [1.54, 1.807) is 24.3 Å². The number of anilines is 1. The third kappa shape index (κ3) is 4.80. The van der Waals surface area contributed by atoms with Crippen LogP contribution in [-0.4, -0.2) is 32.7 Å². The normalized spacial score (nSPS) is 11.5. The Labute approximate surface area is 147 Å². The third-order valence-corrected chi connectivity index (χ3v) is 5.51. The molecule has 0 saturated heterocycles. The van der Waals surface area contributed by atoms with E-state index < -0.39 is 10.0 Å². The van der Waals surface area contributed by atoms with E-state index >= 15 is 0 Å². The highest BCUT2D eigenvalue weighted by Gasteiger charge is 2.17. The first-order chi connectivity index (χ1) is 11.3. The highest BCUT2D eigenvalue weighted by molar-refractivity contribution is 7.89. The second kappa shape index (κ2) is 7.79. The minimum Gasteiger partial charge on any atom is -0.326 e. The summed E-state index contributed by atoms with van der Waals surface area (Å²) in [6.45, 7) is 0. The standard InChI is InChI=1S/C17H19ClN2O3S/c1-20(2)24(22,23)16-5-3-4-15(12-16)19-17(21)11-8-13-6-9-14(18)10-7-13/h3-7,9-10,12H,8,11H2,1-2H3,(H,19,21). The summed E-state index contributed by atoms with van der Waals surface area (Å²) >= 11 is 5.82. The largest absolute Gasteiger partial charge is 0.326 e. The van der Waals surface area contributed by atoms with Gasteiger partial charge in [0.05, 0.1) is 4.90 Å². The molecule has 1 amide bonds. The molecule has 0 radical (unpaired) electrons. The van der Waals surface area contributed by atoms with Gasteiger partial charge >= 0.3 is 0 Å². The van der Waals surface area contributed by atoms with Crippen LogP contribution >= 0.6 is 11.6 Å². The predicted octanol–water partition coefficient (Wildman–Crippen LogP) is 3.16. The average Bonchev–Trinajstić information content (AvgIpc) is 2.54. The fraction of sp³-hybridized carbons (Fsp3) is 0.235. The zero-order valence-electron chi connectivity index (χ0n) is 13.5. The van der Waals surface area contributed by atoms with E-state index in [4.69, 9.17) is 11.6 Å². The summed E-state index contributed by atoms with van der Waals surface area (Å²) < 4.78 is 25.4. The summed E-state index contributed by atoms with van der Waals surface area (Å²) in [5, 5.41) is 3.38. The molecule has 0 atom stereocenters. The Morgan fingerprint density at radius 3 is 2.42 bits per heavy atom. The van der Waals surface area contributed by atoms with Crippen LogP contribution in [-0.2, 0) is 21.2 Å². The van der Waals surface area contributed by atoms with Gasteiger partial charge in [-0.15, -0.1) is 0 Å². The van der Waals surface area contributed by atoms with Crippen molar-refractivity contribution in [1.82, 2.24) is 4.31 Å². The quantitative estimate of drug-likeness (QED) is 0.853. The smallest absolute Gasteiger partial charge is 0.242 e. The van der Waals surface area contributed by atoms with E-state index in [0.717, 1.165) is 9.87 Å². The lowest BCUT2D eigenvalue weighted by Gasteiger charge is -2.12. The van der Waals surface area contributed by atoms with Gasteiger partial charge in [-0.1, -0.05) is 29.8 Å². The van der Waals surface area contributed by atoms with Crippen LogP contribution in [0.15, 0.2) is 53.4 Å². The average molecular weight is 367 g/mol. The SMILES string of the molecule is CN(C)S(=O)(=O)c1cccc(NC(=O)CCc2ccc(Cl)cc2)c1. The molecule has 0 aliphatic heterocycles. The van der Waals surface area contributed by atoms with E-state index in [0.29, 0.717) is 23.6 Å². The number of nitrogens with one attached hydrogen (secondary N) is 1. The first-order valence-electron chi connectivity index (χ1n) is 7.36. The Morgan fingerprint density at radius 2 is 1.79 bits per heavy atom. The van der Waals surface area contributed by atoms with E-state index in [1.807, 2.05) is 12.1 Å². The number of carbonyl (C=O) groups excluding carboxylic acids is 1. The minimum absolute atomic E-state index is 0.142. The molecule has 128 valence electrons. The van der Waals surface area contributed by atoms with Crippen LogP contribution in [0.4, 0.5) is 5.69 Å². The van der Waals surface area contributed by atoms with Crippen LogP contribution in [0.3, 0.4) is 0 Å². The maximum absolute atomic E-state index is 12.1. The Balaban J connectivity index is 2.00. The van der Waals surface area contributed by atoms with Crippen LogP contribution in [0.25, 0.3) is 0 Å². The van der Waals surface area contributed by atoms with Gasteiger partial charge in [-0.2, -0.15) is 0 Å². The highest BCUT2D eigenvalue weighted by Crippen LogP contribution is 2.18. The number of carbonyl (C=O) groups is 1. The monoisotopic (exact) mass is 366 g/mol. The van der Waals surface area contributed by atoms with Gasteiger partial charge < -0.3 is 5.32 Å². The molecule has 2 aromatic carbocycles. The number of halogens is 1. The van der Waals surface area contributed by atoms with Crippen molar-refractivity contribution < 1.29 is 13.2 Å². The molecule has 0 heterocycles. The number of sulfonamides is 1. The first kappa shape index (κ1) is 18.4. The highest BCUT2D eigenvalue weighted by atomic mass is 35.5. The van der Waals surface area contributed by atoms with Crippen molar-refractivity contribution in [1.29, 1.82) is 0 Å². The minimum atomic E-state index is -3.53. The maximum atomic E-state index is 12.1. The number of amides is 1. The van der Waals surface area contributed by atoms with E-state index in [9.17, 15) is 13.2 Å². The van der Waals surface area contributed by atoms with Crippen molar-refractivity contribution >= 4 is 33.2 Å². The fourth-order valence-corrected chi connectivity index (χ4v) is 3.15. The van der Waals surface area contributed by atoms with E-state index in [-0.39, 0.29) is 10.8 Å². The van der Waals surface area contributed by atoms with Crippen molar-refractivity contribution in [2.75, 3.05) is 19.4 Å². The van der Waals surface area contributed by atoms with Gasteiger partial charge in [-0.25, -0.2) is 12.7 Å². The Bertz CT molecular complexity index is 818. The van der Waals surface area contributed by atoms with Crippen molar-refractivity contribution in [3.63, 3.8) is 0 Å². The summed E-state index contributed by atoms with van der Waals surface area (Å²) in [5.41, 5.74) is 1.47. The van der Waals surface area contributed by atoms with Gasteiger partial charge in [-0.05, 0) is 42.3 Å². The van der Waals surface area contributed by atoms with Crippen LogP contribution in [0, 0.1) is 0 Å². The molecule has 2 aromatic rings. The summed E-state index contributed by atoms with van der Waals surface area (Å²) in [5.74, 6) is -0.177. The Kier molecular flexibility index (Phi) is 5.99. The summed E-state index contributed by atoms with van der Waals surface area (Å²) in [7, 11) is -0.595. The van der Waals surface area contributed by atoms with Crippen molar-refractivity contribution in [3.05, 3.63) is 59.1 Å². The van der Waals surface area contributed by atoms with Gasteiger partial charge in [0.15, 0.2) is 0 Å². The molecule has 2 rings (SSSR count). The second-order valence-electron chi connectivity index (χ2n) is 5.49. The van der Waals surface area contributed by atoms with Gasteiger partial charge in [0.25, 0.3) is 0 Å². The van der Waals surface area contributed by atoms with Gasteiger partial charge in [0, 0.05) is 31.2 Å². The van der Waals surface area contributed by atoms with Gasteiger partial charge in [-0.3, -0.25) is 4.79 Å². The lowest BCUT2D eigenvalue weighted by Crippen LogP contribution is -2.22. The summed E-state index contributed by atoms with van der Waals surface area (Å²) in [6.07, 6.45) is 0.880. The molecule has 5 nitrogen and oxygen atoms in total. The number of hydrogen-bond acceptors (Lipinski definition) is 3. The zero-order valence-corrected chi connectivity index (χ0v) is 15.1. The lowest BCUT2D eigenvalue weighted by molar-refractivity contribution is -0.116. The van der Waals surface area contributed by atoms with Crippen molar-refractivity contribution in [2.45, 2.75) is 17.7 Å². The van der Waals surface area contributed by atoms with E-state index in [2.05, 4.69) is 5.32 Å². The lowest BCUT2D eigenvalue weighted by atomic mass is 10.1. The summed E-state index contributed by atoms with van der Waals surface area (Å²) in [4.78, 5) is 12.2. The number of hydrogen-bond donors (Lipinski definition) is 1. The fourth-order valence-electron chi connectivity index (χ4n) is 2.08. The zero-order chi connectivity index (χ0) is 17.7. The number of rotatable bonds is 6. The van der Waals surface area contributed by atoms with Crippen LogP contribution in [0.1, 0.15) is 12.0 Å². The number of nitrogens with zero attached hydrogens (tertiary/aromatic N) is 1.